The predicted octanol–water partition coefficient (Wildman–Crippen LogP) is 1.93. The Labute approximate surface area is 107 Å². The van der Waals surface area contributed by atoms with Crippen molar-refractivity contribution in [1.29, 1.82) is 5.26 Å². The topological polar surface area (TPSA) is 98.9 Å². The maximum Gasteiger partial charge on any atom is 0.356 e. The van der Waals surface area contributed by atoms with Gasteiger partial charge in [0, 0.05) is 0 Å². The average Bonchev–Trinajstić information content (AvgIpc) is 2.41. The maximum atomic E-state index is 13.6. The molecule has 6 nitrogen and oxygen atoms in total. The Balaban J connectivity index is 2.22. The number of carboxylic acids is 1. The summed E-state index contributed by atoms with van der Waals surface area (Å²) < 4.78 is 13.6. The highest BCUT2D eigenvalue weighted by molar-refractivity contribution is 5.85. The van der Waals surface area contributed by atoms with Crippen molar-refractivity contribution in [2.45, 2.75) is 0 Å². The molecule has 2 aromatic rings. The van der Waals surface area contributed by atoms with E-state index in [9.17, 15) is 9.18 Å². The van der Waals surface area contributed by atoms with Crippen molar-refractivity contribution in [2.24, 2.45) is 0 Å². The summed E-state index contributed by atoms with van der Waals surface area (Å²) in [6.45, 7) is 0. The first kappa shape index (κ1) is 12.4. The number of anilines is 2. The molecule has 7 heteroatoms. The fraction of sp³-hybridized carbons (Fsp3) is 0. The van der Waals surface area contributed by atoms with Crippen LogP contribution in [0.5, 0.6) is 0 Å². The Bertz CT molecular complexity index is 664. The normalized spacial score (nSPS) is 9.68. The monoisotopic (exact) mass is 258 g/mol. The largest absolute Gasteiger partial charge is 0.476 e. The fourth-order valence-electron chi connectivity index (χ4n) is 1.33. The SMILES string of the molecule is N#Cc1ccc(Nc2cnc(C(=O)O)cn2)c(F)c1. The fourth-order valence-corrected chi connectivity index (χ4v) is 1.33. The lowest BCUT2D eigenvalue weighted by Gasteiger charge is -2.06. The summed E-state index contributed by atoms with van der Waals surface area (Å²) in [5, 5.41) is 19.9. The molecule has 1 aromatic carbocycles. The van der Waals surface area contributed by atoms with Crippen molar-refractivity contribution in [3.63, 3.8) is 0 Å². The van der Waals surface area contributed by atoms with Crippen LogP contribution in [0.15, 0.2) is 30.6 Å². The zero-order valence-corrected chi connectivity index (χ0v) is 9.46. The summed E-state index contributed by atoms with van der Waals surface area (Å²) in [6, 6.07) is 5.74. The smallest absolute Gasteiger partial charge is 0.356 e. The third kappa shape index (κ3) is 2.81. The molecule has 0 saturated heterocycles. The Kier molecular flexibility index (Phi) is 3.34. The molecule has 1 aromatic heterocycles. The van der Waals surface area contributed by atoms with Crippen LogP contribution in [0.25, 0.3) is 0 Å². The summed E-state index contributed by atoms with van der Waals surface area (Å²) in [7, 11) is 0. The molecule has 2 rings (SSSR count). The van der Waals surface area contributed by atoms with E-state index in [1.165, 1.54) is 18.3 Å². The second-order valence-electron chi connectivity index (χ2n) is 3.52. The lowest BCUT2D eigenvalue weighted by atomic mass is 10.2. The van der Waals surface area contributed by atoms with Crippen LogP contribution < -0.4 is 5.32 Å². The number of rotatable bonds is 3. The number of aromatic nitrogens is 2. The molecule has 94 valence electrons. The number of aromatic carboxylic acids is 1. The molecule has 0 saturated carbocycles. The van der Waals surface area contributed by atoms with Crippen molar-refractivity contribution in [3.05, 3.63) is 47.7 Å². The van der Waals surface area contributed by atoms with Gasteiger partial charge in [-0.1, -0.05) is 0 Å². The van der Waals surface area contributed by atoms with E-state index >= 15 is 0 Å². The number of nitrogens with zero attached hydrogens (tertiary/aromatic N) is 3. The average molecular weight is 258 g/mol. The number of benzene rings is 1. The van der Waals surface area contributed by atoms with E-state index in [2.05, 4.69) is 15.3 Å². The third-order valence-corrected chi connectivity index (χ3v) is 2.23. The van der Waals surface area contributed by atoms with Crippen LogP contribution >= 0.6 is 0 Å². The van der Waals surface area contributed by atoms with Gasteiger partial charge in [-0.25, -0.2) is 19.2 Å². The Morgan fingerprint density at radius 1 is 1.37 bits per heavy atom. The zero-order valence-electron chi connectivity index (χ0n) is 9.46. The molecule has 0 bridgehead atoms. The van der Waals surface area contributed by atoms with Crippen LogP contribution in [0.3, 0.4) is 0 Å². The van der Waals surface area contributed by atoms with E-state index < -0.39 is 11.8 Å². The van der Waals surface area contributed by atoms with Crippen molar-refractivity contribution in [1.82, 2.24) is 9.97 Å². The molecule has 0 unspecified atom stereocenters. The first-order chi connectivity index (χ1) is 9.10. The molecule has 0 aliphatic rings. The number of nitrogens with one attached hydrogen (secondary N) is 1. The zero-order chi connectivity index (χ0) is 13.8. The molecule has 0 radical (unpaired) electrons. The van der Waals surface area contributed by atoms with Crippen LogP contribution in [-0.4, -0.2) is 21.0 Å². The van der Waals surface area contributed by atoms with E-state index in [0.29, 0.717) is 0 Å². The van der Waals surface area contributed by atoms with E-state index in [1.54, 1.807) is 0 Å². The number of hydrogen-bond donors (Lipinski definition) is 2. The Morgan fingerprint density at radius 3 is 2.68 bits per heavy atom. The van der Waals surface area contributed by atoms with E-state index in [0.717, 1.165) is 12.3 Å². The summed E-state index contributed by atoms with van der Waals surface area (Å²) >= 11 is 0. The number of carboxylic acid groups (broad SMARTS) is 1. The van der Waals surface area contributed by atoms with Gasteiger partial charge in [-0.3, -0.25) is 0 Å². The van der Waals surface area contributed by atoms with Gasteiger partial charge in [0.2, 0.25) is 0 Å². The molecule has 0 amide bonds. The highest BCUT2D eigenvalue weighted by Crippen LogP contribution is 2.19. The number of carbonyl (C=O) groups is 1. The van der Waals surface area contributed by atoms with Gasteiger partial charge >= 0.3 is 5.97 Å². The van der Waals surface area contributed by atoms with Crippen molar-refractivity contribution >= 4 is 17.5 Å². The van der Waals surface area contributed by atoms with Crippen LogP contribution in [0.4, 0.5) is 15.9 Å². The summed E-state index contributed by atoms with van der Waals surface area (Å²) in [5.74, 6) is -1.60. The van der Waals surface area contributed by atoms with Gasteiger partial charge in [-0.2, -0.15) is 5.26 Å². The molecule has 0 atom stereocenters. The standard InChI is InChI=1S/C12H7FN4O2/c13-8-3-7(4-14)1-2-9(8)17-11-6-15-10(5-16-11)12(18)19/h1-3,5-6H,(H,16,17)(H,18,19). The Hall–Kier alpha value is -3.01. The third-order valence-electron chi connectivity index (χ3n) is 2.23. The molecule has 0 aliphatic carbocycles. The van der Waals surface area contributed by atoms with E-state index in [4.69, 9.17) is 10.4 Å². The highest BCUT2D eigenvalue weighted by atomic mass is 19.1. The molecule has 0 spiro atoms. The van der Waals surface area contributed by atoms with Gasteiger partial charge in [0.25, 0.3) is 0 Å². The number of hydrogen-bond acceptors (Lipinski definition) is 5. The summed E-state index contributed by atoms with van der Waals surface area (Å²) in [6.07, 6.45) is 2.24. The number of nitriles is 1. The molecular weight excluding hydrogens is 251 g/mol. The van der Waals surface area contributed by atoms with Gasteiger partial charge in [0.05, 0.1) is 29.7 Å². The van der Waals surface area contributed by atoms with Gasteiger partial charge in [0.15, 0.2) is 5.69 Å². The van der Waals surface area contributed by atoms with Gasteiger partial charge < -0.3 is 10.4 Å². The summed E-state index contributed by atoms with van der Waals surface area (Å²) in [4.78, 5) is 18.0. The minimum Gasteiger partial charge on any atom is -0.476 e. The van der Waals surface area contributed by atoms with Crippen LogP contribution in [0.2, 0.25) is 0 Å². The van der Waals surface area contributed by atoms with Gasteiger partial charge in [-0.05, 0) is 18.2 Å². The van der Waals surface area contributed by atoms with E-state index in [-0.39, 0.29) is 22.8 Å². The van der Waals surface area contributed by atoms with Crippen LogP contribution in [0, 0.1) is 17.1 Å². The second-order valence-corrected chi connectivity index (χ2v) is 3.52. The predicted molar refractivity (Wildman–Crippen MR) is 63.4 cm³/mol. The minimum absolute atomic E-state index is 0.122. The molecule has 19 heavy (non-hydrogen) atoms. The van der Waals surface area contributed by atoms with Crippen molar-refractivity contribution in [3.8, 4) is 6.07 Å². The molecule has 2 N–H and O–H groups in total. The van der Waals surface area contributed by atoms with Gasteiger partial charge in [0.1, 0.15) is 11.6 Å². The highest BCUT2D eigenvalue weighted by Gasteiger charge is 2.07. The lowest BCUT2D eigenvalue weighted by Crippen LogP contribution is -2.03. The van der Waals surface area contributed by atoms with Crippen molar-refractivity contribution in [2.75, 3.05) is 5.32 Å². The first-order valence-corrected chi connectivity index (χ1v) is 5.12. The van der Waals surface area contributed by atoms with E-state index in [1.807, 2.05) is 6.07 Å². The van der Waals surface area contributed by atoms with Gasteiger partial charge in [-0.15, -0.1) is 0 Å². The quantitative estimate of drug-likeness (QED) is 0.872. The van der Waals surface area contributed by atoms with Crippen LogP contribution in [0.1, 0.15) is 16.1 Å². The number of halogens is 1. The second kappa shape index (κ2) is 5.10. The molecule has 0 aliphatic heterocycles. The van der Waals surface area contributed by atoms with Crippen LogP contribution in [-0.2, 0) is 0 Å². The minimum atomic E-state index is -1.19. The summed E-state index contributed by atoms with van der Waals surface area (Å²) in [5.41, 5.74) is 0.123. The lowest BCUT2D eigenvalue weighted by molar-refractivity contribution is 0.0690. The first-order valence-electron chi connectivity index (χ1n) is 5.12. The maximum absolute atomic E-state index is 13.6. The molecule has 0 fully saturated rings. The molecule has 1 heterocycles. The Morgan fingerprint density at radius 2 is 2.16 bits per heavy atom. The van der Waals surface area contributed by atoms with Crippen molar-refractivity contribution < 1.29 is 14.3 Å². The molecular formula is C12H7FN4O2.